The molecule has 0 radical (unpaired) electrons. The number of methoxy groups -OCH3 is 2. The van der Waals surface area contributed by atoms with E-state index in [4.69, 9.17) is 14.5 Å². The van der Waals surface area contributed by atoms with Gasteiger partial charge in [-0.2, -0.15) is 0 Å². The Balaban J connectivity index is 1.90. The molecule has 0 amide bonds. The predicted molar refractivity (Wildman–Crippen MR) is 108 cm³/mol. The Labute approximate surface area is 158 Å². The fraction of sp³-hybridized carbons (Fsp3) is 0.0870. The SMILES string of the molecule is COc1cc(OC)cc(-c2nc(-c3ccccc3)c(-c3ccccc3)[nH]2)c1. The molecule has 0 atom stereocenters. The fourth-order valence-electron chi connectivity index (χ4n) is 3.07. The van der Waals surface area contributed by atoms with Crippen LogP contribution in [0.2, 0.25) is 0 Å². The zero-order chi connectivity index (χ0) is 18.6. The van der Waals surface area contributed by atoms with Crippen LogP contribution in [0.15, 0.2) is 78.9 Å². The van der Waals surface area contributed by atoms with E-state index in [1.54, 1.807) is 14.2 Å². The van der Waals surface area contributed by atoms with Gasteiger partial charge in [0.15, 0.2) is 0 Å². The fourth-order valence-corrected chi connectivity index (χ4v) is 3.07. The van der Waals surface area contributed by atoms with E-state index in [9.17, 15) is 0 Å². The van der Waals surface area contributed by atoms with Gasteiger partial charge in [0.2, 0.25) is 0 Å². The molecule has 27 heavy (non-hydrogen) atoms. The van der Waals surface area contributed by atoms with E-state index in [0.717, 1.165) is 45.4 Å². The van der Waals surface area contributed by atoms with Gasteiger partial charge in [-0.3, -0.25) is 0 Å². The highest BCUT2D eigenvalue weighted by Crippen LogP contribution is 2.35. The van der Waals surface area contributed by atoms with Gasteiger partial charge in [0.05, 0.1) is 25.6 Å². The van der Waals surface area contributed by atoms with E-state index < -0.39 is 0 Å². The van der Waals surface area contributed by atoms with Crippen molar-refractivity contribution >= 4 is 0 Å². The van der Waals surface area contributed by atoms with Crippen LogP contribution in [-0.4, -0.2) is 24.2 Å². The third-order valence-corrected chi connectivity index (χ3v) is 4.44. The van der Waals surface area contributed by atoms with Crippen LogP contribution in [0, 0.1) is 0 Å². The molecule has 0 aliphatic rings. The van der Waals surface area contributed by atoms with Gasteiger partial charge in [-0.1, -0.05) is 60.7 Å². The Bertz CT molecular complexity index is 961. The monoisotopic (exact) mass is 356 g/mol. The maximum atomic E-state index is 5.40. The van der Waals surface area contributed by atoms with Crippen LogP contribution in [-0.2, 0) is 0 Å². The smallest absolute Gasteiger partial charge is 0.138 e. The predicted octanol–water partition coefficient (Wildman–Crippen LogP) is 5.43. The molecule has 0 aliphatic carbocycles. The van der Waals surface area contributed by atoms with Crippen LogP contribution in [0.4, 0.5) is 0 Å². The number of imidazole rings is 1. The summed E-state index contributed by atoms with van der Waals surface area (Å²) in [7, 11) is 3.29. The molecular formula is C23H20N2O2. The minimum Gasteiger partial charge on any atom is -0.497 e. The molecule has 3 aromatic carbocycles. The average Bonchev–Trinajstić information content (AvgIpc) is 3.20. The number of benzene rings is 3. The van der Waals surface area contributed by atoms with E-state index in [-0.39, 0.29) is 0 Å². The van der Waals surface area contributed by atoms with Gasteiger partial charge in [0.1, 0.15) is 17.3 Å². The number of H-pyrrole nitrogens is 1. The van der Waals surface area contributed by atoms with Crippen molar-refractivity contribution in [2.45, 2.75) is 0 Å². The Morgan fingerprint density at radius 3 is 1.78 bits per heavy atom. The maximum Gasteiger partial charge on any atom is 0.138 e. The molecule has 0 aliphatic heterocycles. The first-order valence-corrected chi connectivity index (χ1v) is 8.73. The number of aromatic nitrogens is 2. The summed E-state index contributed by atoms with van der Waals surface area (Å²) in [6.45, 7) is 0. The van der Waals surface area contributed by atoms with Crippen molar-refractivity contribution in [2.75, 3.05) is 14.2 Å². The van der Waals surface area contributed by atoms with Crippen LogP contribution < -0.4 is 9.47 Å². The van der Waals surface area contributed by atoms with Crippen molar-refractivity contribution in [1.29, 1.82) is 0 Å². The summed E-state index contributed by atoms with van der Waals surface area (Å²) in [6, 6.07) is 26.2. The van der Waals surface area contributed by atoms with Gasteiger partial charge in [0.25, 0.3) is 0 Å². The summed E-state index contributed by atoms with van der Waals surface area (Å²) < 4.78 is 10.8. The lowest BCUT2D eigenvalue weighted by molar-refractivity contribution is 0.394. The Kier molecular flexibility index (Phi) is 4.62. The lowest BCUT2D eigenvalue weighted by atomic mass is 10.1. The molecule has 4 aromatic rings. The van der Waals surface area contributed by atoms with Crippen molar-refractivity contribution in [3.8, 4) is 45.4 Å². The second-order valence-corrected chi connectivity index (χ2v) is 6.14. The van der Waals surface area contributed by atoms with Crippen molar-refractivity contribution in [3.63, 3.8) is 0 Å². The van der Waals surface area contributed by atoms with Gasteiger partial charge >= 0.3 is 0 Å². The molecule has 4 nitrogen and oxygen atoms in total. The second kappa shape index (κ2) is 7.38. The van der Waals surface area contributed by atoms with Gasteiger partial charge in [-0.05, 0) is 12.1 Å². The van der Waals surface area contributed by atoms with Gasteiger partial charge < -0.3 is 14.5 Å². The summed E-state index contributed by atoms with van der Waals surface area (Å²) in [5, 5.41) is 0. The molecule has 0 unspecified atom stereocenters. The van der Waals surface area contributed by atoms with Crippen LogP contribution in [0.1, 0.15) is 0 Å². The van der Waals surface area contributed by atoms with Crippen molar-refractivity contribution in [2.24, 2.45) is 0 Å². The number of hydrogen-bond acceptors (Lipinski definition) is 3. The molecule has 0 saturated heterocycles. The van der Waals surface area contributed by atoms with Gasteiger partial charge in [-0.25, -0.2) is 4.98 Å². The number of nitrogens with zero attached hydrogens (tertiary/aromatic N) is 1. The first kappa shape index (κ1) is 16.9. The minimum absolute atomic E-state index is 0.725. The first-order chi connectivity index (χ1) is 13.3. The molecule has 4 rings (SSSR count). The highest BCUT2D eigenvalue weighted by Gasteiger charge is 2.16. The lowest BCUT2D eigenvalue weighted by Crippen LogP contribution is -1.89. The average molecular weight is 356 g/mol. The van der Waals surface area contributed by atoms with Crippen molar-refractivity contribution in [3.05, 3.63) is 78.9 Å². The second-order valence-electron chi connectivity index (χ2n) is 6.14. The van der Waals surface area contributed by atoms with Gasteiger partial charge in [0, 0.05) is 22.8 Å². The minimum atomic E-state index is 0.725. The van der Waals surface area contributed by atoms with Crippen molar-refractivity contribution < 1.29 is 9.47 Å². The maximum absolute atomic E-state index is 5.40. The van der Waals surface area contributed by atoms with Crippen molar-refractivity contribution in [1.82, 2.24) is 9.97 Å². The molecule has 0 fully saturated rings. The molecule has 1 heterocycles. The quantitative estimate of drug-likeness (QED) is 0.519. The first-order valence-electron chi connectivity index (χ1n) is 8.73. The number of aromatic amines is 1. The number of hydrogen-bond donors (Lipinski definition) is 1. The molecular weight excluding hydrogens is 336 g/mol. The number of nitrogens with one attached hydrogen (secondary N) is 1. The highest BCUT2D eigenvalue weighted by atomic mass is 16.5. The number of rotatable bonds is 5. The van der Waals surface area contributed by atoms with E-state index in [2.05, 4.69) is 29.2 Å². The molecule has 134 valence electrons. The Morgan fingerprint density at radius 2 is 1.22 bits per heavy atom. The molecule has 1 N–H and O–H groups in total. The zero-order valence-electron chi connectivity index (χ0n) is 15.3. The summed E-state index contributed by atoms with van der Waals surface area (Å²) >= 11 is 0. The summed E-state index contributed by atoms with van der Waals surface area (Å²) in [6.07, 6.45) is 0. The van der Waals surface area contributed by atoms with E-state index >= 15 is 0 Å². The normalized spacial score (nSPS) is 10.6. The highest BCUT2D eigenvalue weighted by molar-refractivity contribution is 5.81. The third kappa shape index (κ3) is 3.42. The Hall–Kier alpha value is -3.53. The number of ether oxygens (including phenoxy) is 2. The lowest BCUT2D eigenvalue weighted by Gasteiger charge is -2.06. The van der Waals surface area contributed by atoms with Crippen LogP contribution >= 0.6 is 0 Å². The molecule has 4 heteroatoms. The summed E-state index contributed by atoms with van der Waals surface area (Å²) in [5.41, 5.74) is 4.96. The van der Waals surface area contributed by atoms with Crippen LogP contribution in [0.5, 0.6) is 11.5 Å². The van der Waals surface area contributed by atoms with E-state index in [1.165, 1.54) is 0 Å². The molecule has 0 bridgehead atoms. The summed E-state index contributed by atoms with van der Waals surface area (Å²) in [5.74, 6) is 2.22. The third-order valence-electron chi connectivity index (χ3n) is 4.44. The van der Waals surface area contributed by atoms with Crippen LogP contribution in [0.3, 0.4) is 0 Å². The summed E-state index contributed by atoms with van der Waals surface area (Å²) in [4.78, 5) is 8.40. The topological polar surface area (TPSA) is 47.1 Å². The van der Waals surface area contributed by atoms with Gasteiger partial charge in [-0.15, -0.1) is 0 Å². The van der Waals surface area contributed by atoms with E-state index in [1.807, 2.05) is 54.6 Å². The van der Waals surface area contributed by atoms with E-state index in [0.29, 0.717) is 0 Å². The standard InChI is InChI=1S/C23H20N2O2/c1-26-19-13-18(14-20(15-19)27-2)23-24-21(16-9-5-3-6-10-16)22(25-23)17-11-7-4-8-12-17/h3-15H,1-2H3,(H,24,25). The Morgan fingerprint density at radius 1 is 0.667 bits per heavy atom. The largest absolute Gasteiger partial charge is 0.497 e. The molecule has 1 aromatic heterocycles. The molecule has 0 spiro atoms. The zero-order valence-corrected chi connectivity index (χ0v) is 15.3. The molecule has 0 saturated carbocycles. The van der Waals surface area contributed by atoms with Crippen LogP contribution in [0.25, 0.3) is 33.9 Å².